The fraction of sp³-hybridized carbons (Fsp3) is 0.571. The lowest BCUT2D eigenvalue weighted by molar-refractivity contribution is 0.00419. The zero-order chi connectivity index (χ0) is 17.3. The van der Waals surface area contributed by atoms with Crippen molar-refractivity contribution in [3.8, 4) is 0 Å². The van der Waals surface area contributed by atoms with Crippen LogP contribution in [0.3, 0.4) is 0 Å². The first-order valence-electron chi connectivity index (χ1n) is 6.70. The molecule has 0 unspecified atom stereocenters. The Bertz CT molecular complexity index is 577. The average molecular weight is 310 g/mol. The zero-order valence-corrected chi connectivity index (χ0v) is 13.7. The van der Waals surface area contributed by atoms with E-state index in [1.807, 2.05) is 0 Å². The van der Waals surface area contributed by atoms with Crippen molar-refractivity contribution in [1.82, 2.24) is 9.97 Å². The Morgan fingerprint density at radius 1 is 0.818 bits per heavy atom. The van der Waals surface area contributed by atoms with Crippen LogP contribution >= 0.6 is 0 Å². The van der Waals surface area contributed by atoms with Gasteiger partial charge in [0.05, 0.1) is 0 Å². The summed E-state index contributed by atoms with van der Waals surface area (Å²) < 4.78 is 10.3. The minimum absolute atomic E-state index is 0.165. The predicted octanol–water partition coefficient (Wildman–Crippen LogP) is 1.55. The number of rotatable bonds is 2. The number of aromatic nitrogens is 2. The highest BCUT2D eigenvalue weighted by atomic mass is 16.6. The van der Waals surface area contributed by atoms with Crippen LogP contribution < -0.4 is 11.5 Å². The van der Waals surface area contributed by atoms with E-state index in [0.717, 1.165) is 0 Å². The van der Waals surface area contributed by atoms with E-state index in [9.17, 15) is 9.59 Å². The quantitative estimate of drug-likeness (QED) is 0.787. The van der Waals surface area contributed by atoms with E-state index in [-0.39, 0.29) is 23.0 Å². The standard InChI is InChI=1S/C14H22N4O4/c1-13(2,3)21-11(19)7-8(15)17-10(18-9(7)16)12(20)22-14(4,5)6/h1-6H3,(H4,15,16,17,18). The smallest absolute Gasteiger partial charge is 0.377 e. The minimum atomic E-state index is -0.776. The van der Waals surface area contributed by atoms with Crippen molar-refractivity contribution in [2.24, 2.45) is 0 Å². The number of nitrogen functional groups attached to an aromatic ring is 2. The van der Waals surface area contributed by atoms with E-state index in [2.05, 4.69) is 9.97 Å². The maximum Gasteiger partial charge on any atom is 0.377 e. The highest BCUT2D eigenvalue weighted by molar-refractivity contribution is 6.00. The van der Waals surface area contributed by atoms with Crippen molar-refractivity contribution >= 4 is 23.6 Å². The Hall–Kier alpha value is -2.38. The second-order valence-corrected chi connectivity index (χ2v) is 6.70. The van der Waals surface area contributed by atoms with Crippen LogP contribution in [0.15, 0.2) is 0 Å². The molecule has 0 spiro atoms. The first kappa shape index (κ1) is 17.7. The normalized spacial score (nSPS) is 11.9. The van der Waals surface area contributed by atoms with Gasteiger partial charge in [-0.1, -0.05) is 0 Å². The number of hydrogen-bond acceptors (Lipinski definition) is 8. The summed E-state index contributed by atoms with van der Waals surface area (Å²) in [6.07, 6.45) is 0. The summed E-state index contributed by atoms with van der Waals surface area (Å²) in [5.41, 5.74) is 9.81. The van der Waals surface area contributed by atoms with Gasteiger partial charge in [-0.05, 0) is 41.5 Å². The number of nitrogens with two attached hydrogens (primary N) is 2. The fourth-order valence-corrected chi connectivity index (χ4v) is 1.45. The summed E-state index contributed by atoms with van der Waals surface area (Å²) >= 11 is 0. The van der Waals surface area contributed by atoms with Crippen LogP contribution in [0.4, 0.5) is 11.6 Å². The fourth-order valence-electron chi connectivity index (χ4n) is 1.45. The number of anilines is 2. The molecule has 122 valence electrons. The molecule has 22 heavy (non-hydrogen) atoms. The third-order valence-electron chi connectivity index (χ3n) is 2.15. The molecule has 1 aromatic heterocycles. The molecule has 0 aliphatic rings. The number of ether oxygens (including phenoxy) is 2. The van der Waals surface area contributed by atoms with E-state index in [4.69, 9.17) is 20.9 Å². The van der Waals surface area contributed by atoms with Crippen molar-refractivity contribution in [1.29, 1.82) is 0 Å². The molecule has 0 atom stereocenters. The van der Waals surface area contributed by atoms with Gasteiger partial charge in [-0.2, -0.15) is 0 Å². The molecule has 1 aromatic rings. The lowest BCUT2D eigenvalue weighted by Crippen LogP contribution is -2.28. The van der Waals surface area contributed by atoms with Crippen LogP contribution in [0.1, 0.15) is 62.5 Å². The minimum Gasteiger partial charge on any atom is -0.456 e. The molecule has 0 radical (unpaired) electrons. The Labute approximate surface area is 129 Å². The Balaban J connectivity index is 3.13. The molecule has 8 nitrogen and oxygen atoms in total. The molecule has 8 heteroatoms. The topological polar surface area (TPSA) is 130 Å². The maximum absolute atomic E-state index is 12.0. The third kappa shape index (κ3) is 4.87. The van der Waals surface area contributed by atoms with Crippen molar-refractivity contribution in [3.05, 3.63) is 11.4 Å². The van der Waals surface area contributed by atoms with Crippen molar-refractivity contribution in [2.45, 2.75) is 52.7 Å². The van der Waals surface area contributed by atoms with Crippen molar-refractivity contribution in [2.75, 3.05) is 11.5 Å². The summed E-state index contributed by atoms with van der Waals surface area (Å²) in [7, 11) is 0. The molecule has 0 amide bonds. The first-order valence-corrected chi connectivity index (χ1v) is 6.70. The van der Waals surface area contributed by atoms with E-state index >= 15 is 0 Å². The van der Waals surface area contributed by atoms with Gasteiger partial charge in [-0.15, -0.1) is 0 Å². The Kier molecular flexibility index (Phi) is 4.64. The first-order chi connectivity index (χ1) is 9.80. The van der Waals surface area contributed by atoms with Gasteiger partial charge in [0.2, 0.25) is 5.82 Å². The van der Waals surface area contributed by atoms with Gasteiger partial charge in [0.25, 0.3) is 0 Å². The second kappa shape index (κ2) is 5.78. The van der Waals surface area contributed by atoms with E-state index in [1.54, 1.807) is 41.5 Å². The van der Waals surface area contributed by atoms with Crippen LogP contribution in [-0.2, 0) is 9.47 Å². The molecule has 0 bridgehead atoms. The van der Waals surface area contributed by atoms with Gasteiger partial charge >= 0.3 is 11.9 Å². The lowest BCUT2D eigenvalue weighted by Gasteiger charge is -2.21. The zero-order valence-electron chi connectivity index (χ0n) is 13.7. The van der Waals surface area contributed by atoms with Crippen molar-refractivity contribution in [3.63, 3.8) is 0 Å². The van der Waals surface area contributed by atoms with E-state index in [0.29, 0.717) is 0 Å². The van der Waals surface area contributed by atoms with Crippen LogP contribution in [0.5, 0.6) is 0 Å². The summed E-state index contributed by atoms with van der Waals surface area (Å²) in [5.74, 6) is -2.30. The summed E-state index contributed by atoms with van der Waals surface area (Å²) in [6.45, 7) is 10.2. The van der Waals surface area contributed by atoms with Crippen LogP contribution in [-0.4, -0.2) is 33.1 Å². The highest BCUT2D eigenvalue weighted by Crippen LogP contribution is 2.21. The second-order valence-electron chi connectivity index (χ2n) is 6.70. The molecule has 0 saturated heterocycles. The third-order valence-corrected chi connectivity index (χ3v) is 2.15. The number of nitrogens with zero attached hydrogens (tertiary/aromatic N) is 2. The molecule has 0 saturated carbocycles. The molecule has 4 N–H and O–H groups in total. The summed E-state index contributed by atoms with van der Waals surface area (Å²) in [4.78, 5) is 31.5. The molecule has 0 fully saturated rings. The van der Waals surface area contributed by atoms with Gasteiger partial charge in [0.1, 0.15) is 28.4 Å². The monoisotopic (exact) mass is 310 g/mol. The molecule has 0 aromatic carbocycles. The SMILES string of the molecule is CC(C)(C)OC(=O)c1nc(N)c(C(=O)OC(C)(C)C)c(N)n1. The molecular formula is C14H22N4O4. The van der Waals surface area contributed by atoms with E-state index in [1.165, 1.54) is 0 Å². The predicted molar refractivity (Wildman–Crippen MR) is 81.2 cm³/mol. The highest BCUT2D eigenvalue weighted by Gasteiger charge is 2.27. The Morgan fingerprint density at radius 3 is 1.55 bits per heavy atom. The lowest BCUT2D eigenvalue weighted by atomic mass is 10.2. The number of esters is 2. The van der Waals surface area contributed by atoms with Gasteiger partial charge in [0, 0.05) is 0 Å². The largest absolute Gasteiger partial charge is 0.456 e. The number of carbonyl (C=O) groups excluding carboxylic acids is 2. The summed E-state index contributed by atoms with van der Waals surface area (Å²) in [6, 6.07) is 0. The van der Waals surface area contributed by atoms with Gasteiger partial charge in [0.15, 0.2) is 0 Å². The van der Waals surface area contributed by atoms with Crippen LogP contribution in [0.25, 0.3) is 0 Å². The van der Waals surface area contributed by atoms with Crippen LogP contribution in [0, 0.1) is 0 Å². The molecule has 1 rings (SSSR count). The molecule has 0 aliphatic heterocycles. The molecule has 0 aliphatic carbocycles. The van der Waals surface area contributed by atoms with E-state index < -0.39 is 23.1 Å². The maximum atomic E-state index is 12.0. The molecular weight excluding hydrogens is 288 g/mol. The van der Waals surface area contributed by atoms with Gasteiger partial charge < -0.3 is 20.9 Å². The number of hydrogen-bond donors (Lipinski definition) is 2. The molecule has 1 heterocycles. The summed E-state index contributed by atoms with van der Waals surface area (Å²) in [5, 5.41) is 0. The Morgan fingerprint density at radius 2 is 1.18 bits per heavy atom. The van der Waals surface area contributed by atoms with Gasteiger partial charge in [-0.25, -0.2) is 19.6 Å². The average Bonchev–Trinajstić information content (AvgIpc) is 2.22. The van der Waals surface area contributed by atoms with Crippen LogP contribution in [0.2, 0.25) is 0 Å². The van der Waals surface area contributed by atoms with Crippen molar-refractivity contribution < 1.29 is 19.1 Å². The number of carbonyl (C=O) groups is 2. The van der Waals surface area contributed by atoms with Gasteiger partial charge in [-0.3, -0.25) is 0 Å².